The molecule has 0 aliphatic heterocycles. The lowest BCUT2D eigenvalue weighted by atomic mass is 10.1. The second kappa shape index (κ2) is 4.73. The summed E-state index contributed by atoms with van der Waals surface area (Å²) in [5, 5.41) is 0. The van der Waals surface area contributed by atoms with E-state index in [4.69, 9.17) is 0 Å². The van der Waals surface area contributed by atoms with Crippen LogP contribution < -0.4 is 0 Å². The number of hydrogen-bond acceptors (Lipinski definition) is 0. The summed E-state index contributed by atoms with van der Waals surface area (Å²) in [6.07, 6.45) is 5.95. The Morgan fingerprint density at radius 3 is 2.00 bits per heavy atom. The molecule has 0 unspecified atom stereocenters. The second-order valence-corrected chi connectivity index (χ2v) is 2.77. The van der Waals surface area contributed by atoms with Crippen LogP contribution in [0.4, 0.5) is 0 Å². The lowest BCUT2D eigenvalue weighted by Gasteiger charge is -1.98. The minimum absolute atomic E-state index is 0.980. The minimum Gasteiger partial charge on any atom is -0.0912 e. The van der Waals surface area contributed by atoms with Gasteiger partial charge in [-0.05, 0) is 31.9 Å². The maximum atomic E-state index is 3.89. The van der Waals surface area contributed by atoms with Gasteiger partial charge in [-0.15, -0.1) is 0 Å². The van der Waals surface area contributed by atoms with Crippen LogP contribution in [0.25, 0.3) is 0 Å². The van der Waals surface area contributed by atoms with E-state index >= 15 is 0 Å². The molecular formula is C11H16. The molecule has 0 radical (unpaired) electrons. The van der Waals surface area contributed by atoms with Gasteiger partial charge in [-0.25, -0.2) is 0 Å². The van der Waals surface area contributed by atoms with Gasteiger partial charge in [-0.1, -0.05) is 37.0 Å². The quantitative estimate of drug-likeness (QED) is 0.536. The molecule has 0 aromatic heterocycles. The zero-order valence-electron chi connectivity index (χ0n) is 7.65. The average Bonchev–Trinajstić information content (AvgIpc) is 1.86. The third kappa shape index (κ3) is 4.38. The molecule has 0 atom stereocenters. The van der Waals surface area contributed by atoms with Crippen LogP contribution in [0.15, 0.2) is 48.1 Å². The molecular weight excluding hydrogens is 132 g/mol. The summed E-state index contributed by atoms with van der Waals surface area (Å²) in [7, 11) is 0. The number of allylic oxidation sites excluding steroid dienone is 6. The Morgan fingerprint density at radius 1 is 1.09 bits per heavy atom. The van der Waals surface area contributed by atoms with Gasteiger partial charge in [0.1, 0.15) is 0 Å². The van der Waals surface area contributed by atoms with Crippen LogP contribution in [-0.2, 0) is 0 Å². The maximum Gasteiger partial charge on any atom is -0.0263 e. The summed E-state index contributed by atoms with van der Waals surface area (Å²) >= 11 is 0. The van der Waals surface area contributed by atoms with Gasteiger partial charge < -0.3 is 0 Å². The van der Waals surface area contributed by atoms with Crippen molar-refractivity contribution in [1.82, 2.24) is 0 Å². The van der Waals surface area contributed by atoms with Crippen LogP contribution in [-0.4, -0.2) is 0 Å². The van der Waals surface area contributed by atoms with E-state index in [1.807, 2.05) is 39.0 Å². The third-order valence-electron chi connectivity index (χ3n) is 1.24. The highest BCUT2D eigenvalue weighted by molar-refractivity contribution is 5.43. The Kier molecular flexibility index (Phi) is 4.28. The molecule has 0 fully saturated rings. The topological polar surface area (TPSA) is 0 Å². The maximum absolute atomic E-state index is 3.89. The van der Waals surface area contributed by atoms with Gasteiger partial charge in [0.15, 0.2) is 0 Å². The zero-order valence-corrected chi connectivity index (χ0v) is 7.65. The van der Waals surface area contributed by atoms with E-state index in [2.05, 4.69) is 13.2 Å². The molecule has 0 aliphatic carbocycles. The van der Waals surface area contributed by atoms with Crippen LogP contribution in [0.5, 0.6) is 0 Å². The monoisotopic (exact) mass is 148 g/mol. The van der Waals surface area contributed by atoms with Gasteiger partial charge in [0.05, 0.1) is 0 Å². The predicted molar refractivity (Wildman–Crippen MR) is 52.5 cm³/mol. The molecule has 0 bridgehead atoms. The van der Waals surface area contributed by atoms with Crippen molar-refractivity contribution in [3.63, 3.8) is 0 Å². The molecule has 0 spiro atoms. The summed E-state index contributed by atoms with van der Waals surface area (Å²) in [6.45, 7) is 13.8. The Hall–Kier alpha value is -1.04. The third-order valence-corrected chi connectivity index (χ3v) is 1.24. The highest BCUT2D eigenvalue weighted by Gasteiger charge is 1.90. The number of hydrogen-bond donors (Lipinski definition) is 0. The molecule has 0 aliphatic rings. The summed E-state index contributed by atoms with van der Waals surface area (Å²) < 4.78 is 0. The molecule has 0 heterocycles. The first-order valence-electron chi connectivity index (χ1n) is 3.73. The largest absolute Gasteiger partial charge is 0.0912 e. The lowest BCUT2D eigenvalue weighted by Crippen LogP contribution is -1.78. The van der Waals surface area contributed by atoms with Crippen LogP contribution in [0.2, 0.25) is 0 Å². The van der Waals surface area contributed by atoms with Gasteiger partial charge in [-0.3, -0.25) is 0 Å². The molecule has 0 heteroatoms. The van der Waals surface area contributed by atoms with E-state index < -0.39 is 0 Å². The van der Waals surface area contributed by atoms with Crippen LogP contribution >= 0.6 is 0 Å². The van der Waals surface area contributed by atoms with Gasteiger partial charge in [-0.2, -0.15) is 0 Å². The van der Waals surface area contributed by atoms with Crippen LogP contribution in [0.1, 0.15) is 20.8 Å². The fraction of sp³-hybridized carbons (Fsp3) is 0.273. The first-order chi connectivity index (χ1) is 5.07. The molecule has 0 amide bonds. The first kappa shape index (κ1) is 9.96. The molecule has 11 heavy (non-hydrogen) atoms. The van der Waals surface area contributed by atoms with E-state index in [1.165, 1.54) is 5.57 Å². The van der Waals surface area contributed by atoms with Crippen molar-refractivity contribution in [3.05, 3.63) is 48.1 Å². The zero-order chi connectivity index (χ0) is 8.85. The van der Waals surface area contributed by atoms with Crippen molar-refractivity contribution in [2.45, 2.75) is 20.8 Å². The summed E-state index contributed by atoms with van der Waals surface area (Å²) in [6, 6.07) is 0. The van der Waals surface area contributed by atoms with Gasteiger partial charge in [0, 0.05) is 0 Å². The van der Waals surface area contributed by atoms with E-state index in [1.54, 1.807) is 0 Å². The minimum atomic E-state index is 0.980. The summed E-state index contributed by atoms with van der Waals surface area (Å²) in [4.78, 5) is 0. The smallest absolute Gasteiger partial charge is 0.0263 e. The van der Waals surface area contributed by atoms with Crippen molar-refractivity contribution in [2.24, 2.45) is 0 Å². The average molecular weight is 148 g/mol. The molecule has 0 rings (SSSR count). The van der Waals surface area contributed by atoms with Crippen molar-refractivity contribution in [2.75, 3.05) is 0 Å². The molecule has 0 aromatic rings. The molecule has 0 saturated carbocycles. The van der Waals surface area contributed by atoms with E-state index in [0.717, 1.165) is 11.1 Å². The van der Waals surface area contributed by atoms with E-state index in [-0.39, 0.29) is 0 Å². The van der Waals surface area contributed by atoms with Crippen molar-refractivity contribution in [1.29, 1.82) is 0 Å². The van der Waals surface area contributed by atoms with Crippen LogP contribution in [0, 0.1) is 0 Å². The Bertz CT molecular complexity index is 210. The highest BCUT2D eigenvalue weighted by atomic mass is 14.0. The van der Waals surface area contributed by atoms with Crippen molar-refractivity contribution >= 4 is 0 Å². The van der Waals surface area contributed by atoms with Gasteiger partial charge >= 0.3 is 0 Å². The molecule has 60 valence electrons. The fourth-order valence-electron chi connectivity index (χ4n) is 0.749. The van der Waals surface area contributed by atoms with Gasteiger partial charge in [0.25, 0.3) is 0 Å². The Balaban J connectivity index is 4.28. The van der Waals surface area contributed by atoms with E-state index in [0.29, 0.717) is 0 Å². The van der Waals surface area contributed by atoms with Gasteiger partial charge in [0.2, 0.25) is 0 Å². The molecule has 0 aromatic carbocycles. The lowest BCUT2D eigenvalue weighted by molar-refractivity contribution is 1.37. The fourth-order valence-corrected chi connectivity index (χ4v) is 0.749. The first-order valence-corrected chi connectivity index (χ1v) is 3.73. The molecule has 0 N–H and O–H groups in total. The Morgan fingerprint density at radius 2 is 1.64 bits per heavy atom. The predicted octanol–water partition coefficient (Wildman–Crippen LogP) is 3.64. The standard InChI is InChI=1S/C11H16/c1-6-7-10(4)11(5)8-9(2)3/h6-8H,4-5H2,1-3H3/b7-6-. The normalized spacial score (nSPS) is 9.73. The summed E-state index contributed by atoms with van der Waals surface area (Å²) in [5.41, 5.74) is 3.22. The highest BCUT2D eigenvalue weighted by Crippen LogP contribution is 2.10. The molecule has 0 nitrogen and oxygen atoms in total. The van der Waals surface area contributed by atoms with Crippen molar-refractivity contribution < 1.29 is 0 Å². The SMILES string of the molecule is C=C(C=C(C)C)C(=C)/C=C\C. The number of rotatable bonds is 3. The van der Waals surface area contributed by atoms with E-state index in [9.17, 15) is 0 Å². The van der Waals surface area contributed by atoms with Crippen LogP contribution in [0.3, 0.4) is 0 Å². The summed E-state index contributed by atoms with van der Waals surface area (Å²) in [5.74, 6) is 0. The second-order valence-electron chi connectivity index (χ2n) is 2.77. The Labute approximate surface area is 69.6 Å². The van der Waals surface area contributed by atoms with Crippen molar-refractivity contribution in [3.8, 4) is 0 Å². The molecule has 0 saturated heterocycles.